The zero-order chi connectivity index (χ0) is 14.8. The average molecular weight is 300 g/mol. The molecule has 0 aliphatic heterocycles. The lowest BCUT2D eigenvalue weighted by atomic mass is 10.1. The first-order valence-corrected chi connectivity index (χ1v) is 7.71. The summed E-state index contributed by atoms with van der Waals surface area (Å²) in [6.07, 6.45) is 2.77. The summed E-state index contributed by atoms with van der Waals surface area (Å²) in [7, 11) is 0. The van der Waals surface area contributed by atoms with E-state index in [9.17, 15) is 4.79 Å². The first kappa shape index (κ1) is 13.8. The second-order valence-corrected chi connectivity index (χ2v) is 6.02. The van der Waals surface area contributed by atoms with Gasteiger partial charge in [-0.05, 0) is 25.0 Å². The van der Waals surface area contributed by atoms with Gasteiger partial charge in [0.2, 0.25) is 0 Å². The van der Waals surface area contributed by atoms with Crippen molar-refractivity contribution in [1.82, 2.24) is 9.55 Å². The molecule has 0 bridgehead atoms. The number of rotatable bonds is 5. The Labute approximate surface area is 126 Å². The second kappa shape index (κ2) is 5.69. The van der Waals surface area contributed by atoms with Gasteiger partial charge < -0.3 is 9.67 Å². The number of hydrogen-bond donors (Lipinski definition) is 1. The predicted molar refractivity (Wildman–Crippen MR) is 83.8 cm³/mol. The van der Waals surface area contributed by atoms with E-state index in [1.165, 1.54) is 0 Å². The third-order valence-corrected chi connectivity index (χ3v) is 4.40. The van der Waals surface area contributed by atoms with E-state index in [0.29, 0.717) is 6.42 Å². The van der Waals surface area contributed by atoms with Crippen LogP contribution in [0.3, 0.4) is 0 Å². The summed E-state index contributed by atoms with van der Waals surface area (Å²) in [5.74, 6) is -0.762. The highest BCUT2D eigenvalue weighted by molar-refractivity contribution is 7.09. The van der Waals surface area contributed by atoms with E-state index in [4.69, 9.17) is 5.11 Å². The lowest BCUT2D eigenvalue weighted by Gasteiger charge is -2.01. The molecule has 3 rings (SSSR count). The number of aryl methyl sites for hydroxylation is 2. The topological polar surface area (TPSA) is 55.1 Å². The molecule has 0 fully saturated rings. The second-order valence-electron chi connectivity index (χ2n) is 5.08. The van der Waals surface area contributed by atoms with Crippen LogP contribution in [0.2, 0.25) is 0 Å². The van der Waals surface area contributed by atoms with E-state index in [1.54, 1.807) is 11.3 Å². The van der Waals surface area contributed by atoms with Crippen molar-refractivity contribution in [1.29, 1.82) is 0 Å². The number of nitrogens with zero attached hydrogens (tertiary/aromatic N) is 2. The molecule has 0 aliphatic carbocycles. The third kappa shape index (κ3) is 2.97. The summed E-state index contributed by atoms with van der Waals surface area (Å²) in [4.78, 5) is 15.3. The van der Waals surface area contributed by atoms with Crippen molar-refractivity contribution in [2.24, 2.45) is 0 Å². The Bertz CT molecular complexity index is 789. The Morgan fingerprint density at radius 1 is 1.38 bits per heavy atom. The van der Waals surface area contributed by atoms with Crippen molar-refractivity contribution in [3.8, 4) is 0 Å². The van der Waals surface area contributed by atoms with Crippen molar-refractivity contribution in [2.45, 2.75) is 26.3 Å². The Morgan fingerprint density at radius 2 is 2.19 bits per heavy atom. The van der Waals surface area contributed by atoms with Gasteiger partial charge in [-0.1, -0.05) is 18.2 Å². The van der Waals surface area contributed by atoms with Crippen LogP contribution in [0.1, 0.15) is 22.7 Å². The van der Waals surface area contributed by atoms with E-state index < -0.39 is 5.97 Å². The van der Waals surface area contributed by atoms with Crippen molar-refractivity contribution in [3.05, 3.63) is 52.1 Å². The Morgan fingerprint density at radius 3 is 2.90 bits per heavy atom. The molecule has 0 saturated heterocycles. The molecule has 5 heteroatoms. The molecule has 0 radical (unpaired) electrons. The first-order chi connectivity index (χ1) is 10.1. The number of carboxylic acids is 1. The summed E-state index contributed by atoms with van der Waals surface area (Å²) >= 11 is 1.65. The molecule has 0 unspecified atom stereocenters. The van der Waals surface area contributed by atoms with E-state index in [2.05, 4.69) is 27.9 Å². The van der Waals surface area contributed by atoms with Crippen LogP contribution in [0.5, 0.6) is 0 Å². The van der Waals surface area contributed by atoms with Gasteiger partial charge >= 0.3 is 5.97 Å². The number of aromatic nitrogens is 2. The van der Waals surface area contributed by atoms with Crippen LogP contribution in [-0.2, 0) is 17.8 Å². The molecule has 2 aromatic heterocycles. The molecule has 2 heterocycles. The van der Waals surface area contributed by atoms with Crippen LogP contribution in [-0.4, -0.2) is 20.6 Å². The van der Waals surface area contributed by atoms with Crippen LogP contribution in [0.15, 0.2) is 35.8 Å². The molecule has 4 nitrogen and oxygen atoms in total. The molecule has 0 spiro atoms. The van der Waals surface area contributed by atoms with E-state index in [0.717, 1.165) is 33.7 Å². The van der Waals surface area contributed by atoms with Crippen molar-refractivity contribution < 1.29 is 9.90 Å². The van der Waals surface area contributed by atoms with Crippen LogP contribution in [0, 0.1) is 6.92 Å². The van der Waals surface area contributed by atoms with E-state index in [-0.39, 0.29) is 6.42 Å². The molecule has 0 amide bonds. The number of aliphatic carboxylic acids is 1. The number of thiazole rings is 1. The molecule has 3 aromatic rings. The standard InChI is InChI=1S/C16H16N2O2S/c1-11-10-21-15(17-11)9-18-8-12(6-7-16(19)20)13-4-2-3-5-14(13)18/h2-5,8,10H,6-7,9H2,1H3,(H,19,20). The molecule has 1 aromatic carbocycles. The lowest BCUT2D eigenvalue weighted by Crippen LogP contribution is -1.98. The largest absolute Gasteiger partial charge is 0.481 e. The maximum Gasteiger partial charge on any atom is 0.303 e. The highest BCUT2D eigenvalue weighted by Gasteiger charge is 2.10. The van der Waals surface area contributed by atoms with Crippen LogP contribution in [0.4, 0.5) is 0 Å². The number of para-hydroxylation sites is 1. The van der Waals surface area contributed by atoms with Crippen LogP contribution >= 0.6 is 11.3 Å². The van der Waals surface area contributed by atoms with Gasteiger partial charge in [-0.2, -0.15) is 0 Å². The summed E-state index contributed by atoms with van der Waals surface area (Å²) in [6.45, 7) is 2.72. The smallest absolute Gasteiger partial charge is 0.303 e. The molecule has 21 heavy (non-hydrogen) atoms. The monoisotopic (exact) mass is 300 g/mol. The van der Waals surface area contributed by atoms with Gasteiger partial charge in [0.05, 0.1) is 6.54 Å². The molecule has 0 atom stereocenters. The molecule has 1 N–H and O–H groups in total. The highest BCUT2D eigenvalue weighted by atomic mass is 32.1. The number of fused-ring (bicyclic) bond motifs is 1. The minimum atomic E-state index is -0.762. The average Bonchev–Trinajstić information content (AvgIpc) is 3.02. The Balaban J connectivity index is 1.96. The van der Waals surface area contributed by atoms with E-state index in [1.807, 2.05) is 24.4 Å². The predicted octanol–water partition coefficient (Wildman–Crippen LogP) is 3.47. The number of benzene rings is 1. The summed E-state index contributed by atoms with van der Waals surface area (Å²) in [6, 6.07) is 8.12. The van der Waals surface area contributed by atoms with Gasteiger partial charge in [0.15, 0.2) is 0 Å². The number of hydrogen-bond acceptors (Lipinski definition) is 3. The molecular weight excluding hydrogens is 284 g/mol. The van der Waals surface area contributed by atoms with Gasteiger partial charge in [0.25, 0.3) is 0 Å². The highest BCUT2D eigenvalue weighted by Crippen LogP contribution is 2.24. The SMILES string of the molecule is Cc1csc(Cn2cc(CCC(=O)O)c3ccccc32)n1. The van der Waals surface area contributed by atoms with Crippen molar-refractivity contribution in [2.75, 3.05) is 0 Å². The maximum absolute atomic E-state index is 10.8. The fourth-order valence-electron chi connectivity index (χ4n) is 2.52. The third-order valence-electron chi connectivity index (χ3n) is 3.45. The maximum atomic E-state index is 10.8. The van der Waals surface area contributed by atoms with Gasteiger partial charge in [-0.3, -0.25) is 4.79 Å². The quantitative estimate of drug-likeness (QED) is 0.785. The Kier molecular flexibility index (Phi) is 3.75. The van der Waals surface area contributed by atoms with Gasteiger partial charge in [-0.25, -0.2) is 4.98 Å². The molecule has 108 valence electrons. The molecule has 0 aliphatic rings. The van der Waals surface area contributed by atoms with Gasteiger partial charge in [-0.15, -0.1) is 11.3 Å². The summed E-state index contributed by atoms with van der Waals surface area (Å²) in [5.41, 5.74) is 3.25. The molecular formula is C16H16N2O2S. The van der Waals surface area contributed by atoms with Crippen molar-refractivity contribution >= 4 is 28.2 Å². The normalized spacial score (nSPS) is 11.1. The number of carboxylic acid groups (broad SMARTS) is 1. The van der Waals surface area contributed by atoms with Crippen molar-refractivity contribution in [3.63, 3.8) is 0 Å². The van der Waals surface area contributed by atoms with Crippen LogP contribution in [0.25, 0.3) is 10.9 Å². The summed E-state index contributed by atoms with van der Waals surface area (Å²) in [5, 5.41) is 13.1. The fourth-order valence-corrected chi connectivity index (χ4v) is 3.29. The lowest BCUT2D eigenvalue weighted by molar-refractivity contribution is -0.136. The zero-order valence-corrected chi connectivity index (χ0v) is 12.6. The minimum Gasteiger partial charge on any atom is -0.481 e. The fraction of sp³-hybridized carbons (Fsp3) is 0.250. The van der Waals surface area contributed by atoms with E-state index >= 15 is 0 Å². The number of carbonyl (C=O) groups is 1. The minimum absolute atomic E-state index is 0.157. The van der Waals surface area contributed by atoms with Gasteiger partial charge in [0, 0.05) is 34.6 Å². The van der Waals surface area contributed by atoms with Crippen LogP contribution < -0.4 is 0 Å². The summed E-state index contributed by atoms with van der Waals surface area (Å²) < 4.78 is 2.16. The first-order valence-electron chi connectivity index (χ1n) is 6.83. The molecule has 0 saturated carbocycles. The Hall–Kier alpha value is -2.14. The zero-order valence-electron chi connectivity index (χ0n) is 11.7. The van der Waals surface area contributed by atoms with Gasteiger partial charge in [0.1, 0.15) is 5.01 Å².